The molecule has 0 saturated heterocycles. The Balaban J connectivity index is 2.58. The summed E-state index contributed by atoms with van der Waals surface area (Å²) in [5.74, 6) is 0. The van der Waals surface area contributed by atoms with Crippen molar-refractivity contribution in [2.45, 2.75) is 33.2 Å². The molecule has 1 atom stereocenters. The number of benzene rings is 1. The number of hydrogen-bond donors (Lipinski definition) is 1. The van der Waals surface area contributed by atoms with Crippen molar-refractivity contribution in [1.29, 1.82) is 0 Å². The monoisotopic (exact) mass is 216 g/mol. The van der Waals surface area contributed by atoms with E-state index in [1.807, 2.05) is 6.92 Å². The lowest BCUT2D eigenvalue weighted by atomic mass is 10.0. The van der Waals surface area contributed by atoms with Gasteiger partial charge in [-0.1, -0.05) is 12.1 Å². The molecule has 2 N–H and O–H groups in total. The van der Waals surface area contributed by atoms with E-state index in [-0.39, 0.29) is 6.04 Å². The zero-order chi connectivity index (χ0) is 11.9. The minimum atomic E-state index is 0.222. The summed E-state index contributed by atoms with van der Waals surface area (Å²) in [6.45, 7) is 6.40. The largest absolute Gasteiger partial charge is 0.348 e. The minimum absolute atomic E-state index is 0.222. The Hall–Kier alpha value is -1.28. The quantitative estimate of drug-likeness (QED) is 0.822. The van der Waals surface area contributed by atoms with Gasteiger partial charge in [-0.2, -0.15) is 0 Å². The number of hydrogen-bond acceptors (Lipinski definition) is 1. The van der Waals surface area contributed by atoms with Crippen LogP contribution in [-0.2, 0) is 13.5 Å². The van der Waals surface area contributed by atoms with Crippen LogP contribution < -0.4 is 5.73 Å². The van der Waals surface area contributed by atoms with E-state index in [0.29, 0.717) is 0 Å². The molecule has 1 aromatic carbocycles. The summed E-state index contributed by atoms with van der Waals surface area (Å²) >= 11 is 0. The summed E-state index contributed by atoms with van der Waals surface area (Å²) in [4.78, 5) is 0. The molecule has 86 valence electrons. The summed E-state index contributed by atoms with van der Waals surface area (Å²) in [5.41, 5.74) is 11.2. The van der Waals surface area contributed by atoms with E-state index in [4.69, 9.17) is 5.73 Å². The molecule has 0 spiro atoms. The van der Waals surface area contributed by atoms with Gasteiger partial charge in [0.05, 0.1) is 0 Å². The molecular weight excluding hydrogens is 196 g/mol. The van der Waals surface area contributed by atoms with Gasteiger partial charge in [-0.3, -0.25) is 0 Å². The fourth-order valence-electron chi connectivity index (χ4n) is 2.30. The topological polar surface area (TPSA) is 30.9 Å². The maximum Gasteiger partial charge on any atom is 0.0485 e. The molecule has 1 unspecified atom stereocenters. The minimum Gasteiger partial charge on any atom is -0.348 e. The number of nitrogens with two attached hydrogens (primary N) is 1. The standard InChI is InChI=1S/C14H20N2/c1-9(15)7-12-5-6-13-10(2)11(3)16(4)14(13)8-12/h5-6,8-9H,7,15H2,1-4H3. The van der Waals surface area contributed by atoms with Gasteiger partial charge < -0.3 is 10.3 Å². The van der Waals surface area contributed by atoms with Crippen LogP contribution >= 0.6 is 0 Å². The van der Waals surface area contributed by atoms with Crippen molar-refractivity contribution in [2.24, 2.45) is 12.8 Å². The van der Waals surface area contributed by atoms with Gasteiger partial charge in [0.25, 0.3) is 0 Å². The van der Waals surface area contributed by atoms with Gasteiger partial charge in [-0.25, -0.2) is 0 Å². The molecule has 16 heavy (non-hydrogen) atoms. The molecule has 0 radical (unpaired) electrons. The lowest BCUT2D eigenvalue weighted by molar-refractivity contribution is 0.738. The lowest BCUT2D eigenvalue weighted by Crippen LogP contribution is -2.17. The molecule has 2 rings (SSSR count). The number of aromatic nitrogens is 1. The summed E-state index contributed by atoms with van der Waals surface area (Å²) in [5, 5.41) is 1.36. The fourth-order valence-corrected chi connectivity index (χ4v) is 2.30. The summed E-state index contributed by atoms with van der Waals surface area (Å²) in [6.07, 6.45) is 0.944. The van der Waals surface area contributed by atoms with Crippen molar-refractivity contribution in [3.63, 3.8) is 0 Å². The highest BCUT2D eigenvalue weighted by atomic mass is 14.9. The maximum absolute atomic E-state index is 5.83. The number of rotatable bonds is 2. The molecule has 2 aromatic rings. The van der Waals surface area contributed by atoms with E-state index in [1.54, 1.807) is 0 Å². The Morgan fingerprint density at radius 3 is 2.62 bits per heavy atom. The van der Waals surface area contributed by atoms with E-state index in [1.165, 1.54) is 27.7 Å². The van der Waals surface area contributed by atoms with Gasteiger partial charge in [0, 0.05) is 29.7 Å². The molecule has 2 heteroatoms. The molecule has 0 fully saturated rings. The van der Waals surface area contributed by atoms with Crippen LogP contribution in [0.4, 0.5) is 0 Å². The second-order valence-corrected chi connectivity index (χ2v) is 4.80. The molecule has 0 aliphatic rings. The molecular formula is C14H20N2. The van der Waals surface area contributed by atoms with E-state index >= 15 is 0 Å². The van der Waals surface area contributed by atoms with Crippen LogP contribution in [0.25, 0.3) is 10.9 Å². The Labute approximate surface area is 97.1 Å². The second-order valence-electron chi connectivity index (χ2n) is 4.80. The van der Waals surface area contributed by atoms with E-state index in [2.05, 4.69) is 43.7 Å². The van der Waals surface area contributed by atoms with Crippen LogP contribution in [0.5, 0.6) is 0 Å². The number of aryl methyl sites for hydroxylation is 2. The highest BCUT2D eigenvalue weighted by molar-refractivity contribution is 5.85. The predicted octanol–water partition coefficient (Wildman–Crippen LogP) is 2.68. The second kappa shape index (κ2) is 3.95. The van der Waals surface area contributed by atoms with Gasteiger partial charge in [-0.05, 0) is 44.4 Å². The molecule has 0 saturated carbocycles. The number of nitrogens with zero attached hydrogens (tertiary/aromatic N) is 1. The highest BCUT2D eigenvalue weighted by Crippen LogP contribution is 2.25. The molecule has 1 aromatic heterocycles. The fraction of sp³-hybridized carbons (Fsp3) is 0.429. The first kappa shape index (κ1) is 11.2. The van der Waals surface area contributed by atoms with Crippen molar-refractivity contribution >= 4 is 10.9 Å². The Bertz CT molecular complexity index is 521. The van der Waals surface area contributed by atoms with Crippen molar-refractivity contribution in [2.75, 3.05) is 0 Å². The zero-order valence-electron chi connectivity index (χ0n) is 10.5. The zero-order valence-corrected chi connectivity index (χ0v) is 10.5. The SMILES string of the molecule is Cc1c(C)n(C)c2cc(CC(C)N)ccc12. The Morgan fingerprint density at radius 1 is 1.31 bits per heavy atom. The van der Waals surface area contributed by atoms with Crippen LogP contribution in [-0.4, -0.2) is 10.6 Å². The molecule has 1 heterocycles. The third kappa shape index (κ3) is 1.74. The smallest absolute Gasteiger partial charge is 0.0485 e. The first-order chi connectivity index (χ1) is 7.50. The molecule has 0 aliphatic carbocycles. The van der Waals surface area contributed by atoms with Gasteiger partial charge >= 0.3 is 0 Å². The first-order valence-electron chi connectivity index (χ1n) is 5.80. The molecule has 0 aliphatic heterocycles. The third-order valence-corrected chi connectivity index (χ3v) is 3.43. The molecule has 0 bridgehead atoms. The maximum atomic E-state index is 5.83. The van der Waals surface area contributed by atoms with E-state index < -0.39 is 0 Å². The summed E-state index contributed by atoms with van der Waals surface area (Å²) in [6, 6.07) is 6.89. The van der Waals surface area contributed by atoms with Crippen molar-refractivity contribution in [1.82, 2.24) is 4.57 Å². The lowest BCUT2D eigenvalue weighted by Gasteiger charge is -2.06. The number of fused-ring (bicyclic) bond motifs is 1. The van der Waals surface area contributed by atoms with E-state index in [0.717, 1.165) is 6.42 Å². The van der Waals surface area contributed by atoms with Crippen LogP contribution in [0.3, 0.4) is 0 Å². The average molecular weight is 216 g/mol. The van der Waals surface area contributed by atoms with E-state index in [9.17, 15) is 0 Å². The normalized spacial score (nSPS) is 13.3. The van der Waals surface area contributed by atoms with Gasteiger partial charge in [0.15, 0.2) is 0 Å². The van der Waals surface area contributed by atoms with Crippen molar-refractivity contribution in [3.8, 4) is 0 Å². The Kier molecular flexibility index (Phi) is 2.76. The Morgan fingerprint density at radius 2 is 2.00 bits per heavy atom. The predicted molar refractivity (Wildman–Crippen MR) is 69.7 cm³/mol. The van der Waals surface area contributed by atoms with Crippen molar-refractivity contribution < 1.29 is 0 Å². The highest BCUT2D eigenvalue weighted by Gasteiger charge is 2.08. The molecule has 2 nitrogen and oxygen atoms in total. The summed E-state index contributed by atoms with van der Waals surface area (Å²) in [7, 11) is 2.13. The summed E-state index contributed by atoms with van der Waals surface area (Å²) < 4.78 is 2.26. The average Bonchev–Trinajstić information content (AvgIpc) is 2.43. The van der Waals surface area contributed by atoms with Gasteiger partial charge in [0.2, 0.25) is 0 Å². The van der Waals surface area contributed by atoms with Crippen LogP contribution in [0.15, 0.2) is 18.2 Å². The third-order valence-electron chi connectivity index (χ3n) is 3.43. The molecule has 0 amide bonds. The van der Waals surface area contributed by atoms with Crippen LogP contribution in [0.1, 0.15) is 23.7 Å². The first-order valence-corrected chi connectivity index (χ1v) is 5.80. The van der Waals surface area contributed by atoms with Crippen LogP contribution in [0.2, 0.25) is 0 Å². The van der Waals surface area contributed by atoms with Gasteiger partial charge in [0.1, 0.15) is 0 Å². The van der Waals surface area contributed by atoms with Crippen LogP contribution in [0, 0.1) is 13.8 Å². The van der Waals surface area contributed by atoms with Crippen molar-refractivity contribution in [3.05, 3.63) is 35.0 Å². The van der Waals surface area contributed by atoms with Gasteiger partial charge in [-0.15, -0.1) is 0 Å².